The molecule has 7 heteroatoms. The van der Waals surface area contributed by atoms with E-state index in [-0.39, 0.29) is 11.8 Å². The molecule has 2 heterocycles. The third-order valence-electron chi connectivity index (χ3n) is 5.18. The number of nitrogens with one attached hydrogen (secondary N) is 2. The predicted molar refractivity (Wildman–Crippen MR) is 112 cm³/mol. The molecule has 156 valence electrons. The molecule has 1 aliphatic heterocycles. The summed E-state index contributed by atoms with van der Waals surface area (Å²) in [5, 5.41) is 5.79. The van der Waals surface area contributed by atoms with E-state index in [4.69, 9.17) is 4.74 Å². The molecule has 2 N–H and O–H groups in total. The summed E-state index contributed by atoms with van der Waals surface area (Å²) in [4.78, 5) is 30.0. The van der Waals surface area contributed by atoms with E-state index in [2.05, 4.69) is 29.5 Å². The molecule has 3 rings (SSSR count). The maximum Gasteiger partial charge on any atom is 0.287 e. The molecule has 2 aromatic rings. The largest absolute Gasteiger partial charge is 0.385 e. The summed E-state index contributed by atoms with van der Waals surface area (Å²) < 4.78 is 6.90. The molecule has 0 saturated heterocycles. The van der Waals surface area contributed by atoms with Gasteiger partial charge in [-0.3, -0.25) is 9.59 Å². The van der Waals surface area contributed by atoms with Crippen LogP contribution >= 0.6 is 0 Å². The fourth-order valence-corrected chi connectivity index (χ4v) is 3.54. The van der Waals surface area contributed by atoms with Gasteiger partial charge >= 0.3 is 0 Å². The first kappa shape index (κ1) is 21.0. The first-order chi connectivity index (χ1) is 14.0. The highest BCUT2D eigenvalue weighted by atomic mass is 16.5. The molecule has 0 radical (unpaired) electrons. The van der Waals surface area contributed by atoms with E-state index in [9.17, 15) is 9.59 Å². The summed E-state index contributed by atoms with van der Waals surface area (Å²) in [6.45, 7) is 6.07. The Morgan fingerprint density at radius 1 is 1.17 bits per heavy atom. The predicted octanol–water partition coefficient (Wildman–Crippen LogP) is 3.36. The normalized spacial score (nSPS) is 13.2. The van der Waals surface area contributed by atoms with E-state index in [1.54, 1.807) is 7.11 Å². The van der Waals surface area contributed by atoms with Crippen molar-refractivity contribution >= 4 is 17.5 Å². The van der Waals surface area contributed by atoms with Crippen molar-refractivity contribution in [2.75, 3.05) is 25.6 Å². The van der Waals surface area contributed by atoms with Gasteiger partial charge in [-0.1, -0.05) is 26.0 Å². The summed E-state index contributed by atoms with van der Waals surface area (Å²) in [5.41, 5.74) is 3.13. The number of fused-ring (bicyclic) bond motifs is 1. The van der Waals surface area contributed by atoms with Gasteiger partial charge in [0.1, 0.15) is 0 Å². The van der Waals surface area contributed by atoms with Crippen LogP contribution in [0.3, 0.4) is 0 Å². The second-order valence-corrected chi connectivity index (χ2v) is 7.67. The molecule has 1 aliphatic rings. The lowest BCUT2D eigenvalue weighted by atomic mass is 10.0. The molecule has 1 aromatic carbocycles. The minimum Gasteiger partial charge on any atom is -0.385 e. The van der Waals surface area contributed by atoms with Crippen LogP contribution < -0.4 is 10.6 Å². The SMILES string of the molecule is COCCCNC(=O)c1nc(C(=O)Nc2ccc(C(C)C)cc2)c2n1CCCC2. The standard InChI is InChI=1S/C22H30N4O3/c1-15(2)16-8-10-17(11-9-16)24-21(27)19-18-7-4-5-13-26(18)20(25-19)22(28)23-12-6-14-29-3/h8-11,15H,4-7,12-14H2,1-3H3,(H,23,28)(H,24,27). The van der Waals surface area contributed by atoms with Crippen LogP contribution in [0.15, 0.2) is 24.3 Å². The van der Waals surface area contributed by atoms with Crippen LogP contribution in [-0.4, -0.2) is 41.6 Å². The molecule has 0 spiro atoms. The molecule has 0 bridgehead atoms. The highest BCUT2D eigenvalue weighted by Gasteiger charge is 2.27. The Kier molecular flexibility index (Phi) is 7.04. The van der Waals surface area contributed by atoms with Gasteiger partial charge in [0.25, 0.3) is 11.8 Å². The van der Waals surface area contributed by atoms with Gasteiger partial charge in [-0.25, -0.2) is 4.98 Å². The van der Waals surface area contributed by atoms with Crippen molar-refractivity contribution in [3.8, 4) is 0 Å². The Hall–Kier alpha value is -2.67. The van der Waals surface area contributed by atoms with E-state index < -0.39 is 0 Å². The maximum atomic E-state index is 12.9. The highest BCUT2D eigenvalue weighted by molar-refractivity contribution is 6.05. The van der Waals surface area contributed by atoms with Gasteiger partial charge in [0, 0.05) is 32.5 Å². The van der Waals surface area contributed by atoms with Gasteiger partial charge in [-0.15, -0.1) is 0 Å². The average molecular weight is 399 g/mol. The summed E-state index contributed by atoms with van der Waals surface area (Å²) in [6.07, 6.45) is 3.45. The fourth-order valence-electron chi connectivity index (χ4n) is 3.54. The van der Waals surface area contributed by atoms with Crippen molar-refractivity contribution in [2.24, 2.45) is 0 Å². The van der Waals surface area contributed by atoms with Gasteiger partial charge in [-0.2, -0.15) is 0 Å². The topological polar surface area (TPSA) is 85.2 Å². The van der Waals surface area contributed by atoms with Gasteiger partial charge < -0.3 is 19.9 Å². The number of methoxy groups -OCH3 is 1. The summed E-state index contributed by atoms with van der Waals surface area (Å²) in [6, 6.07) is 7.84. The summed E-state index contributed by atoms with van der Waals surface area (Å²) in [7, 11) is 1.63. The van der Waals surface area contributed by atoms with Crippen LogP contribution in [0.2, 0.25) is 0 Å². The third kappa shape index (κ3) is 5.03. The zero-order valence-corrected chi connectivity index (χ0v) is 17.5. The highest BCUT2D eigenvalue weighted by Crippen LogP contribution is 2.23. The maximum absolute atomic E-state index is 12.9. The van der Waals surface area contributed by atoms with E-state index in [0.717, 1.165) is 37.1 Å². The smallest absolute Gasteiger partial charge is 0.287 e. The number of rotatable bonds is 8. The molecule has 0 saturated carbocycles. The van der Waals surface area contributed by atoms with Crippen LogP contribution in [0.1, 0.15) is 71.4 Å². The summed E-state index contributed by atoms with van der Waals surface area (Å²) >= 11 is 0. The van der Waals surface area contributed by atoms with E-state index in [1.165, 1.54) is 5.56 Å². The first-order valence-electron chi connectivity index (χ1n) is 10.3. The Bertz CT molecular complexity index is 856. The zero-order chi connectivity index (χ0) is 20.8. The minimum atomic E-state index is -0.272. The second kappa shape index (κ2) is 9.69. The average Bonchev–Trinajstić information content (AvgIpc) is 3.11. The second-order valence-electron chi connectivity index (χ2n) is 7.67. The Morgan fingerprint density at radius 3 is 2.62 bits per heavy atom. The molecule has 0 atom stereocenters. The Labute approximate surface area is 171 Å². The van der Waals surface area contributed by atoms with Crippen LogP contribution in [0.25, 0.3) is 0 Å². The van der Waals surface area contributed by atoms with E-state index in [0.29, 0.717) is 37.1 Å². The number of anilines is 1. The van der Waals surface area contributed by atoms with Gasteiger partial charge in [0.2, 0.25) is 0 Å². The molecule has 7 nitrogen and oxygen atoms in total. The Balaban J connectivity index is 1.77. The van der Waals surface area contributed by atoms with Crippen molar-refractivity contribution in [1.82, 2.24) is 14.9 Å². The van der Waals surface area contributed by atoms with Crippen molar-refractivity contribution in [1.29, 1.82) is 0 Å². The van der Waals surface area contributed by atoms with Crippen LogP contribution in [0.4, 0.5) is 5.69 Å². The molecular weight excluding hydrogens is 368 g/mol. The number of hydrogen-bond acceptors (Lipinski definition) is 4. The monoisotopic (exact) mass is 398 g/mol. The minimum absolute atomic E-state index is 0.246. The third-order valence-corrected chi connectivity index (χ3v) is 5.18. The van der Waals surface area contributed by atoms with Crippen LogP contribution in [-0.2, 0) is 17.7 Å². The Morgan fingerprint density at radius 2 is 1.93 bits per heavy atom. The van der Waals surface area contributed by atoms with E-state index >= 15 is 0 Å². The number of hydrogen-bond donors (Lipinski definition) is 2. The number of ether oxygens (including phenoxy) is 1. The lowest BCUT2D eigenvalue weighted by Gasteiger charge is -2.17. The first-order valence-corrected chi connectivity index (χ1v) is 10.3. The summed E-state index contributed by atoms with van der Waals surface area (Å²) in [5.74, 6) is 0.235. The molecule has 2 amide bonds. The molecule has 0 unspecified atom stereocenters. The lowest BCUT2D eigenvalue weighted by Crippen LogP contribution is -2.29. The molecular formula is C22H30N4O3. The number of nitrogens with zero attached hydrogens (tertiary/aromatic N) is 2. The van der Waals surface area contributed by atoms with Crippen LogP contribution in [0, 0.1) is 0 Å². The number of carbonyl (C=O) groups excluding carboxylic acids is 2. The van der Waals surface area contributed by atoms with Gasteiger partial charge in [0.15, 0.2) is 11.5 Å². The lowest BCUT2D eigenvalue weighted by molar-refractivity contribution is 0.0932. The number of benzene rings is 1. The van der Waals surface area contributed by atoms with Crippen molar-refractivity contribution in [2.45, 2.75) is 52.0 Å². The quantitative estimate of drug-likeness (QED) is 0.668. The molecule has 0 fully saturated rings. The number of amides is 2. The van der Waals surface area contributed by atoms with Crippen molar-refractivity contribution < 1.29 is 14.3 Å². The van der Waals surface area contributed by atoms with Gasteiger partial charge in [-0.05, 0) is 49.3 Å². The van der Waals surface area contributed by atoms with Crippen LogP contribution in [0.5, 0.6) is 0 Å². The number of carbonyl (C=O) groups is 2. The van der Waals surface area contributed by atoms with Crippen molar-refractivity contribution in [3.05, 3.63) is 47.0 Å². The molecule has 0 aliphatic carbocycles. The fraction of sp³-hybridized carbons (Fsp3) is 0.500. The number of aromatic nitrogens is 2. The van der Waals surface area contributed by atoms with Crippen molar-refractivity contribution in [3.63, 3.8) is 0 Å². The number of imidazole rings is 1. The van der Waals surface area contributed by atoms with Gasteiger partial charge in [0.05, 0.1) is 5.69 Å². The van der Waals surface area contributed by atoms with E-state index in [1.807, 2.05) is 28.8 Å². The molecule has 29 heavy (non-hydrogen) atoms. The zero-order valence-electron chi connectivity index (χ0n) is 17.5. The molecule has 1 aromatic heterocycles.